The Hall–Kier alpha value is -0.650. The van der Waals surface area contributed by atoms with Crippen molar-refractivity contribution >= 4 is 5.97 Å². The van der Waals surface area contributed by atoms with Gasteiger partial charge in [0.25, 0.3) is 0 Å². The number of carbonyl (C=O) groups excluding carboxylic acids is 1. The van der Waals surface area contributed by atoms with Gasteiger partial charge in [0, 0.05) is 12.0 Å². The fourth-order valence-electron chi connectivity index (χ4n) is 1.95. The number of nitrogens with two attached hydrogens (primary N) is 1. The van der Waals surface area contributed by atoms with E-state index in [-0.39, 0.29) is 18.3 Å². The lowest BCUT2D eigenvalue weighted by atomic mass is 10.0. The summed E-state index contributed by atoms with van der Waals surface area (Å²) in [6.45, 7) is 0. The quantitative estimate of drug-likeness (QED) is 0.368. The summed E-state index contributed by atoms with van der Waals surface area (Å²) in [5.74, 6) is -0.561. The Balaban J connectivity index is 2.20. The maximum atomic E-state index is 10.8. The van der Waals surface area contributed by atoms with E-state index in [1.165, 1.54) is 0 Å². The molecule has 4 N–H and O–H groups in total. The first kappa shape index (κ1) is 7.97. The first-order valence-electron chi connectivity index (χ1n) is 3.92. The Morgan fingerprint density at radius 2 is 2.08 bits per heavy atom. The van der Waals surface area contributed by atoms with Crippen LogP contribution < -0.4 is 5.73 Å². The molecule has 2 fully saturated rings. The van der Waals surface area contributed by atoms with Crippen molar-refractivity contribution in [2.75, 3.05) is 0 Å². The molecule has 0 unspecified atom stereocenters. The zero-order chi connectivity index (χ0) is 8.88. The topological polar surface area (TPSA) is 92.8 Å². The van der Waals surface area contributed by atoms with E-state index in [4.69, 9.17) is 10.5 Å². The molecule has 0 aromatic rings. The number of aliphatic hydroxyl groups excluding tert-OH is 2. The van der Waals surface area contributed by atoms with Gasteiger partial charge < -0.3 is 20.7 Å². The summed E-state index contributed by atoms with van der Waals surface area (Å²) in [7, 11) is 0. The predicted molar refractivity (Wildman–Crippen MR) is 38.0 cm³/mol. The molecule has 0 amide bonds. The van der Waals surface area contributed by atoms with Gasteiger partial charge in [-0.25, -0.2) is 0 Å². The van der Waals surface area contributed by atoms with Crippen molar-refractivity contribution in [3.8, 4) is 0 Å². The van der Waals surface area contributed by atoms with E-state index in [0.29, 0.717) is 0 Å². The third-order valence-electron chi connectivity index (χ3n) is 2.67. The maximum Gasteiger partial charge on any atom is 0.306 e. The smallest absolute Gasteiger partial charge is 0.306 e. The van der Waals surface area contributed by atoms with Crippen LogP contribution >= 0.6 is 0 Å². The summed E-state index contributed by atoms with van der Waals surface area (Å²) >= 11 is 0. The molecule has 0 bridgehead atoms. The lowest BCUT2D eigenvalue weighted by molar-refractivity contribution is -0.147. The monoisotopic (exact) mass is 173 g/mol. The second-order valence-corrected chi connectivity index (χ2v) is 3.38. The van der Waals surface area contributed by atoms with Crippen molar-refractivity contribution < 1.29 is 19.7 Å². The summed E-state index contributed by atoms with van der Waals surface area (Å²) in [4.78, 5) is 10.8. The number of fused-ring (bicyclic) bond motifs is 1. The van der Waals surface area contributed by atoms with Crippen molar-refractivity contribution in [2.24, 2.45) is 11.7 Å². The molecule has 5 nitrogen and oxygen atoms in total. The van der Waals surface area contributed by atoms with E-state index in [9.17, 15) is 15.0 Å². The van der Waals surface area contributed by atoms with Gasteiger partial charge in [0.1, 0.15) is 12.2 Å². The molecule has 1 saturated heterocycles. The van der Waals surface area contributed by atoms with Crippen LogP contribution in [0.3, 0.4) is 0 Å². The van der Waals surface area contributed by atoms with E-state index >= 15 is 0 Å². The van der Waals surface area contributed by atoms with E-state index in [1.807, 2.05) is 0 Å². The summed E-state index contributed by atoms with van der Waals surface area (Å²) in [5, 5.41) is 18.6. The third kappa shape index (κ3) is 0.872. The Labute approximate surface area is 69.1 Å². The van der Waals surface area contributed by atoms with Gasteiger partial charge in [-0.05, 0) is 0 Å². The van der Waals surface area contributed by atoms with E-state index in [2.05, 4.69) is 0 Å². The van der Waals surface area contributed by atoms with Gasteiger partial charge >= 0.3 is 5.97 Å². The van der Waals surface area contributed by atoms with Gasteiger partial charge in [-0.2, -0.15) is 0 Å². The highest BCUT2D eigenvalue weighted by molar-refractivity contribution is 5.72. The zero-order valence-electron chi connectivity index (χ0n) is 6.38. The van der Waals surface area contributed by atoms with Gasteiger partial charge in [0.05, 0.1) is 12.5 Å². The Morgan fingerprint density at radius 1 is 1.42 bits per heavy atom. The standard InChI is InChI=1S/C7H11NO4/c8-4-2-1-3(9)12-7(2)6(11)5(4)10/h2,4-7,10-11H,1,8H2/t2-,4-,5-,6-,7-/m0/s1. The van der Waals surface area contributed by atoms with Crippen LogP contribution in [0.2, 0.25) is 0 Å². The predicted octanol–water partition coefficient (Wildman–Crippen LogP) is -2.02. The highest BCUT2D eigenvalue weighted by atomic mass is 16.6. The number of aliphatic hydroxyl groups is 2. The first-order chi connectivity index (χ1) is 5.61. The van der Waals surface area contributed by atoms with Crippen LogP contribution in [0.15, 0.2) is 0 Å². The van der Waals surface area contributed by atoms with Crippen LogP contribution in [-0.2, 0) is 9.53 Å². The lowest BCUT2D eigenvalue weighted by Gasteiger charge is -2.14. The SMILES string of the molecule is N[C@@H]1[C@H](O)[C@H](O)[C@H]2OC(=O)C[C@@H]12. The highest BCUT2D eigenvalue weighted by Gasteiger charge is 2.54. The van der Waals surface area contributed by atoms with Gasteiger partial charge in [0.2, 0.25) is 0 Å². The average Bonchev–Trinajstić information content (AvgIpc) is 2.49. The minimum absolute atomic E-state index is 0.208. The number of hydrogen-bond acceptors (Lipinski definition) is 5. The maximum absolute atomic E-state index is 10.8. The Bertz CT molecular complexity index is 199. The van der Waals surface area contributed by atoms with Gasteiger partial charge in [-0.15, -0.1) is 0 Å². The molecule has 1 heterocycles. The molecule has 0 aromatic carbocycles. The second kappa shape index (κ2) is 2.42. The number of hydrogen-bond donors (Lipinski definition) is 3. The molecule has 68 valence electrons. The molecule has 2 aliphatic rings. The van der Waals surface area contributed by atoms with Gasteiger partial charge in [-0.3, -0.25) is 4.79 Å². The molecular weight excluding hydrogens is 162 g/mol. The zero-order valence-corrected chi connectivity index (χ0v) is 6.38. The fraction of sp³-hybridized carbons (Fsp3) is 0.857. The van der Waals surface area contributed by atoms with Gasteiger partial charge in [0.15, 0.2) is 0 Å². The Morgan fingerprint density at radius 3 is 2.67 bits per heavy atom. The molecule has 0 radical (unpaired) electrons. The lowest BCUT2D eigenvalue weighted by Crippen LogP contribution is -2.39. The summed E-state index contributed by atoms with van der Waals surface area (Å²) < 4.78 is 4.81. The largest absolute Gasteiger partial charge is 0.459 e. The molecule has 2 rings (SSSR count). The molecule has 5 heteroatoms. The summed E-state index contributed by atoms with van der Waals surface area (Å²) in [6.07, 6.45) is -2.37. The van der Waals surface area contributed by atoms with Crippen LogP contribution in [0.4, 0.5) is 0 Å². The minimum Gasteiger partial charge on any atom is -0.459 e. The first-order valence-corrected chi connectivity index (χ1v) is 3.92. The van der Waals surface area contributed by atoms with Crippen molar-refractivity contribution in [1.82, 2.24) is 0 Å². The number of ether oxygens (including phenoxy) is 1. The molecule has 1 saturated carbocycles. The number of rotatable bonds is 0. The molecule has 12 heavy (non-hydrogen) atoms. The number of esters is 1. The fourth-order valence-corrected chi connectivity index (χ4v) is 1.95. The second-order valence-electron chi connectivity index (χ2n) is 3.38. The van der Waals surface area contributed by atoms with E-state index in [1.54, 1.807) is 0 Å². The normalized spacial score (nSPS) is 52.2. The Kier molecular flexibility index (Phi) is 1.61. The number of carbonyl (C=O) groups is 1. The van der Waals surface area contributed by atoms with Crippen LogP contribution in [0.5, 0.6) is 0 Å². The molecule has 0 spiro atoms. The van der Waals surface area contributed by atoms with Crippen LogP contribution in [0.25, 0.3) is 0 Å². The molecule has 1 aliphatic heterocycles. The average molecular weight is 173 g/mol. The molecule has 1 aliphatic carbocycles. The van der Waals surface area contributed by atoms with E-state index < -0.39 is 24.4 Å². The van der Waals surface area contributed by atoms with Crippen LogP contribution in [0, 0.1) is 5.92 Å². The van der Waals surface area contributed by atoms with Crippen LogP contribution in [-0.4, -0.2) is 40.5 Å². The highest BCUT2D eigenvalue weighted by Crippen LogP contribution is 2.36. The summed E-state index contributed by atoms with van der Waals surface area (Å²) in [5.41, 5.74) is 5.57. The van der Waals surface area contributed by atoms with Crippen molar-refractivity contribution in [2.45, 2.75) is 30.8 Å². The van der Waals surface area contributed by atoms with Crippen molar-refractivity contribution in [3.05, 3.63) is 0 Å². The van der Waals surface area contributed by atoms with Gasteiger partial charge in [-0.1, -0.05) is 0 Å². The molecular formula is C7H11NO4. The van der Waals surface area contributed by atoms with E-state index in [0.717, 1.165) is 0 Å². The molecule has 0 aromatic heterocycles. The van der Waals surface area contributed by atoms with Crippen molar-refractivity contribution in [3.63, 3.8) is 0 Å². The summed E-state index contributed by atoms with van der Waals surface area (Å²) in [6, 6.07) is -0.545. The van der Waals surface area contributed by atoms with Crippen molar-refractivity contribution in [1.29, 1.82) is 0 Å². The molecule has 5 atom stereocenters. The van der Waals surface area contributed by atoms with Crippen LogP contribution in [0.1, 0.15) is 6.42 Å². The third-order valence-corrected chi connectivity index (χ3v) is 2.67. The minimum atomic E-state index is -1.02.